The Hall–Kier alpha value is -1.95. The number of nitrogens with two attached hydrogens (primary N) is 1. The lowest BCUT2D eigenvalue weighted by Gasteiger charge is -2.49. The fraction of sp³-hybridized carbons (Fsp3) is 0.632. The van der Waals surface area contributed by atoms with Gasteiger partial charge in [-0.15, -0.1) is 0 Å². The maximum absolute atomic E-state index is 12.6. The standard InChI is InChI=1S/C19H28N4O2/c1-18(2,20)17(25)22-11-5-8-19(13-22)9-7-16(24)23(14-19)12-15-6-3-4-10-21-15/h3-4,6,10H,5,7-9,11-14,20H2,1-2H3. The zero-order chi connectivity index (χ0) is 18.1. The third kappa shape index (κ3) is 4.00. The summed E-state index contributed by atoms with van der Waals surface area (Å²) in [6.07, 6.45) is 5.16. The van der Waals surface area contributed by atoms with E-state index in [0.29, 0.717) is 26.1 Å². The summed E-state index contributed by atoms with van der Waals surface area (Å²) in [4.78, 5) is 33.1. The predicted octanol–water partition coefficient (Wildman–Crippen LogP) is 1.55. The zero-order valence-corrected chi connectivity index (χ0v) is 15.2. The number of aromatic nitrogens is 1. The number of carbonyl (C=O) groups is 2. The predicted molar refractivity (Wildman–Crippen MR) is 95.4 cm³/mol. The van der Waals surface area contributed by atoms with Gasteiger partial charge >= 0.3 is 0 Å². The van der Waals surface area contributed by atoms with Crippen molar-refractivity contribution < 1.29 is 9.59 Å². The van der Waals surface area contributed by atoms with Crippen LogP contribution in [0.25, 0.3) is 0 Å². The van der Waals surface area contributed by atoms with E-state index in [1.165, 1.54) is 0 Å². The average molecular weight is 344 g/mol. The van der Waals surface area contributed by atoms with Gasteiger partial charge in [-0.05, 0) is 45.2 Å². The molecule has 0 bridgehead atoms. The Morgan fingerprint density at radius 3 is 2.80 bits per heavy atom. The first-order chi connectivity index (χ1) is 11.8. The van der Waals surface area contributed by atoms with Gasteiger partial charge in [0.15, 0.2) is 0 Å². The molecule has 1 unspecified atom stereocenters. The lowest BCUT2D eigenvalue weighted by Crippen LogP contribution is -2.59. The summed E-state index contributed by atoms with van der Waals surface area (Å²) >= 11 is 0. The SMILES string of the molecule is CC(C)(N)C(=O)N1CCCC2(CCC(=O)N(Cc3ccccn3)C2)C1. The highest BCUT2D eigenvalue weighted by Gasteiger charge is 2.44. The molecule has 2 aliphatic rings. The Morgan fingerprint density at radius 2 is 2.12 bits per heavy atom. The van der Waals surface area contributed by atoms with Gasteiger partial charge in [-0.3, -0.25) is 14.6 Å². The first-order valence-electron chi connectivity index (χ1n) is 9.05. The van der Waals surface area contributed by atoms with Crippen LogP contribution in [-0.4, -0.2) is 51.8 Å². The second-order valence-corrected chi connectivity index (χ2v) is 8.12. The molecule has 136 valence electrons. The third-order valence-corrected chi connectivity index (χ3v) is 5.33. The summed E-state index contributed by atoms with van der Waals surface area (Å²) in [5, 5.41) is 0. The Bertz CT molecular complexity index is 641. The van der Waals surface area contributed by atoms with Gasteiger partial charge < -0.3 is 15.5 Å². The van der Waals surface area contributed by atoms with Crippen molar-refractivity contribution in [2.24, 2.45) is 11.1 Å². The molecule has 1 atom stereocenters. The molecule has 2 fully saturated rings. The first-order valence-corrected chi connectivity index (χ1v) is 9.05. The zero-order valence-electron chi connectivity index (χ0n) is 15.2. The summed E-state index contributed by atoms with van der Waals surface area (Å²) in [7, 11) is 0. The van der Waals surface area contributed by atoms with E-state index < -0.39 is 5.54 Å². The van der Waals surface area contributed by atoms with Crippen molar-refractivity contribution in [3.63, 3.8) is 0 Å². The van der Waals surface area contributed by atoms with Crippen LogP contribution in [0.15, 0.2) is 24.4 Å². The molecule has 1 spiro atoms. The van der Waals surface area contributed by atoms with Gasteiger partial charge in [-0.25, -0.2) is 0 Å². The van der Waals surface area contributed by atoms with Crippen LogP contribution in [0.5, 0.6) is 0 Å². The molecule has 0 radical (unpaired) electrons. The molecule has 3 heterocycles. The summed E-state index contributed by atoms with van der Waals surface area (Å²) in [5.74, 6) is 0.179. The Morgan fingerprint density at radius 1 is 1.32 bits per heavy atom. The smallest absolute Gasteiger partial charge is 0.242 e. The second-order valence-electron chi connectivity index (χ2n) is 8.12. The molecule has 0 saturated carbocycles. The fourth-order valence-corrected chi connectivity index (χ4v) is 4.06. The molecule has 2 amide bonds. The van der Waals surface area contributed by atoms with Crippen LogP contribution in [0.4, 0.5) is 0 Å². The van der Waals surface area contributed by atoms with Crippen LogP contribution in [0.3, 0.4) is 0 Å². The molecular weight excluding hydrogens is 316 g/mol. The number of nitrogens with zero attached hydrogens (tertiary/aromatic N) is 3. The number of likely N-dealkylation sites (tertiary alicyclic amines) is 2. The van der Waals surface area contributed by atoms with Gasteiger partial charge in [-0.1, -0.05) is 6.07 Å². The van der Waals surface area contributed by atoms with Gasteiger partial charge in [0.1, 0.15) is 0 Å². The number of pyridine rings is 1. The van der Waals surface area contributed by atoms with E-state index in [0.717, 1.165) is 31.5 Å². The van der Waals surface area contributed by atoms with E-state index in [-0.39, 0.29) is 17.2 Å². The van der Waals surface area contributed by atoms with Crippen molar-refractivity contribution in [3.05, 3.63) is 30.1 Å². The van der Waals surface area contributed by atoms with Gasteiger partial charge in [0, 0.05) is 37.7 Å². The first kappa shape index (κ1) is 17.9. The van der Waals surface area contributed by atoms with Crippen LogP contribution < -0.4 is 5.73 Å². The van der Waals surface area contributed by atoms with Crippen LogP contribution >= 0.6 is 0 Å². The van der Waals surface area contributed by atoms with E-state index in [1.54, 1.807) is 20.0 Å². The van der Waals surface area contributed by atoms with Crippen molar-refractivity contribution in [1.82, 2.24) is 14.8 Å². The Labute approximate surface area is 149 Å². The van der Waals surface area contributed by atoms with Gasteiger partial charge in [0.2, 0.25) is 11.8 Å². The largest absolute Gasteiger partial charge is 0.340 e. The van der Waals surface area contributed by atoms with E-state index in [2.05, 4.69) is 4.98 Å². The molecule has 2 N–H and O–H groups in total. The number of rotatable bonds is 3. The molecule has 1 aromatic heterocycles. The molecule has 2 saturated heterocycles. The number of carbonyl (C=O) groups excluding carboxylic acids is 2. The highest BCUT2D eigenvalue weighted by molar-refractivity contribution is 5.85. The summed E-state index contributed by atoms with van der Waals surface area (Å²) in [6, 6.07) is 5.77. The number of piperidine rings is 2. The number of hydrogen-bond donors (Lipinski definition) is 1. The lowest BCUT2D eigenvalue weighted by atomic mass is 9.73. The van der Waals surface area contributed by atoms with Crippen LogP contribution in [0.1, 0.15) is 45.2 Å². The summed E-state index contributed by atoms with van der Waals surface area (Å²) in [6.45, 7) is 6.20. The van der Waals surface area contributed by atoms with E-state index in [4.69, 9.17) is 5.73 Å². The Kier molecular flexibility index (Phi) is 4.82. The average Bonchev–Trinajstić information content (AvgIpc) is 2.58. The van der Waals surface area contributed by atoms with Crippen LogP contribution in [0.2, 0.25) is 0 Å². The van der Waals surface area contributed by atoms with E-state index in [9.17, 15) is 9.59 Å². The minimum Gasteiger partial charge on any atom is -0.340 e. The lowest BCUT2D eigenvalue weighted by molar-refractivity contribution is -0.145. The van der Waals surface area contributed by atoms with E-state index >= 15 is 0 Å². The monoisotopic (exact) mass is 344 g/mol. The minimum atomic E-state index is -0.851. The molecule has 0 aliphatic carbocycles. The van der Waals surface area contributed by atoms with Gasteiger partial charge in [0.25, 0.3) is 0 Å². The quantitative estimate of drug-likeness (QED) is 0.902. The van der Waals surface area contributed by atoms with Crippen molar-refractivity contribution in [2.75, 3.05) is 19.6 Å². The maximum atomic E-state index is 12.6. The highest BCUT2D eigenvalue weighted by atomic mass is 16.2. The van der Waals surface area contributed by atoms with Crippen LogP contribution in [-0.2, 0) is 16.1 Å². The second kappa shape index (κ2) is 6.75. The van der Waals surface area contributed by atoms with Gasteiger partial charge in [0.05, 0.1) is 17.8 Å². The number of amides is 2. The number of hydrogen-bond acceptors (Lipinski definition) is 4. The molecule has 1 aromatic rings. The molecule has 6 nitrogen and oxygen atoms in total. The minimum absolute atomic E-state index is 0.000231. The normalized spacial score (nSPS) is 24.7. The summed E-state index contributed by atoms with van der Waals surface area (Å²) in [5.41, 5.74) is 6.06. The topological polar surface area (TPSA) is 79.5 Å². The molecule has 3 rings (SSSR count). The molecule has 25 heavy (non-hydrogen) atoms. The highest BCUT2D eigenvalue weighted by Crippen LogP contribution is 2.39. The summed E-state index contributed by atoms with van der Waals surface area (Å²) < 4.78 is 0. The maximum Gasteiger partial charge on any atom is 0.242 e. The van der Waals surface area contributed by atoms with Crippen molar-refractivity contribution in [3.8, 4) is 0 Å². The fourth-order valence-electron chi connectivity index (χ4n) is 4.06. The molecule has 2 aliphatic heterocycles. The van der Waals surface area contributed by atoms with Crippen molar-refractivity contribution >= 4 is 11.8 Å². The van der Waals surface area contributed by atoms with Crippen LogP contribution in [0, 0.1) is 5.41 Å². The Balaban J connectivity index is 1.72. The molecule has 0 aromatic carbocycles. The van der Waals surface area contributed by atoms with E-state index in [1.807, 2.05) is 28.0 Å². The van der Waals surface area contributed by atoms with Gasteiger partial charge in [-0.2, -0.15) is 0 Å². The molecule has 6 heteroatoms. The van der Waals surface area contributed by atoms with Crippen molar-refractivity contribution in [1.29, 1.82) is 0 Å². The van der Waals surface area contributed by atoms with Crippen molar-refractivity contribution in [2.45, 2.75) is 51.6 Å². The third-order valence-electron chi connectivity index (χ3n) is 5.33. The molecular formula is C19H28N4O2.